The number of amides is 1. The minimum absolute atomic E-state index is 0.0423. The molecule has 234 valence electrons. The number of H-pyrrole nitrogens is 1. The second kappa shape index (κ2) is 12.8. The molecule has 2 atom stereocenters. The number of alkyl halides is 3. The SMILES string of the molecule is COc1cc(C)[nH]c(=O)c1CNC(=O)c1cc2c(-c3ccc(C)nc3)ccn2c(C(C)N2CCN(C(F)C(F)F)CC2)c1C. The minimum atomic E-state index is -3.05. The lowest BCUT2D eigenvalue weighted by atomic mass is 9.99. The molecule has 0 spiro atoms. The molecule has 12 heteroatoms. The van der Waals surface area contributed by atoms with Crippen LogP contribution < -0.4 is 15.6 Å². The highest BCUT2D eigenvalue weighted by Gasteiger charge is 2.33. The number of carbonyl (C=O) groups excluding carboxylic acids is 1. The van der Waals surface area contributed by atoms with Gasteiger partial charge in [0.25, 0.3) is 17.9 Å². The van der Waals surface area contributed by atoms with Gasteiger partial charge in [0.2, 0.25) is 6.30 Å². The highest BCUT2D eigenvalue weighted by Crippen LogP contribution is 2.34. The summed E-state index contributed by atoms with van der Waals surface area (Å²) >= 11 is 0. The van der Waals surface area contributed by atoms with E-state index in [1.54, 1.807) is 19.2 Å². The van der Waals surface area contributed by atoms with E-state index < -0.39 is 12.7 Å². The summed E-state index contributed by atoms with van der Waals surface area (Å²) < 4.78 is 47.5. The fourth-order valence-electron chi connectivity index (χ4n) is 5.99. The number of methoxy groups -OCH3 is 1. The predicted molar refractivity (Wildman–Crippen MR) is 162 cm³/mol. The molecule has 44 heavy (non-hydrogen) atoms. The largest absolute Gasteiger partial charge is 0.496 e. The van der Waals surface area contributed by atoms with Gasteiger partial charge < -0.3 is 19.4 Å². The monoisotopic (exact) mass is 610 g/mol. The van der Waals surface area contributed by atoms with Crippen molar-refractivity contribution in [1.82, 2.24) is 29.5 Å². The van der Waals surface area contributed by atoms with Crippen molar-refractivity contribution in [2.24, 2.45) is 0 Å². The highest BCUT2D eigenvalue weighted by molar-refractivity contribution is 5.98. The summed E-state index contributed by atoms with van der Waals surface area (Å²) in [4.78, 5) is 36.9. The van der Waals surface area contributed by atoms with Crippen molar-refractivity contribution in [2.45, 2.75) is 53.0 Å². The van der Waals surface area contributed by atoms with Crippen LogP contribution in [0.2, 0.25) is 0 Å². The van der Waals surface area contributed by atoms with Crippen molar-refractivity contribution in [3.8, 4) is 16.9 Å². The molecule has 1 fully saturated rings. The van der Waals surface area contributed by atoms with Gasteiger partial charge in [-0.3, -0.25) is 24.4 Å². The topological polar surface area (TPSA) is 95.0 Å². The van der Waals surface area contributed by atoms with Crippen LogP contribution in [0, 0.1) is 20.8 Å². The van der Waals surface area contributed by atoms with Crippen LogP contribution in [0.5, 0.6) is 5.75 Å². The molecule has 1 aliphatic rings. The molecule has 0 radical (unpaired) electrons. The van der Waals surface area contributed by atoms with Crippen LogP contribution in [0.25, 0.3) is 16.6 Å². The Kier molecular flexibility index (Phi) is 9.12. The Morgan fingerprint density at radius 3 is 2.41 bits per heavy atom. The van der Waals surface area contributed by atoms with Gasteiger partial charge in [-0.15, -0.1) is 0 Å². The zero-order valence-corrected chi connectivity index (χ0v) is 25.5. The Labute approximate surface area is 253 Å². The van der Waals surface area contributed by atoms with Crippen molar-refractivity contribution in [3.63, 3.8) is 0 Å². The molecule has 4 aromatic rings. The van der Waals surface area contributed by atoms with Gasteiger partial charge in [-0.1, -0.05) is 6.07 Å². The molecule has 0 aliphatic carbocycles. The summed E-state index contributed by atoms with van der Waals surface area (Å²) in [5.74, 6) is 0.0203. The summed E-state index contributed by atoms with van der Waals surface area (Å²) in [5.41, 5.74) is 6.07. The number of piperazine rings is 1. The number of hydrogen-bond acceptors (Lipinski definition) is 6. The Balaban J connectivity index is 1.53. The lowest BCUT2D eigenvalue weighted by Gasteiger charge is -2.39. The Hall–Kier alpha value is -4.16. The molecule has 9 nitrogen and oxygen atoms in total. The van der Waals surface area contributed by atoms with Crippen LogP contribution in [-0.4, -0.2) is 76.1 Å². The summed E-state index contributed by atoms with van der Waals surface area (Å²) in [6, 6.07) is 9.19. The number of pyridine rings is 3. The quantitative estimate of drug-likeness (QED) is 0.265. The van der Waals surface area contributed by atoms with E-state index in [0.717, 1.165) is 33.6 Å². The first-order valence-electron chi connectivity index (χ1n) is 14.5. The third-order valence-corrected chi connectivity index (χ3v) is 8.45. The van der Waals surface area contributed by atoms with E-state index in [1.165, 1.54) is 12.0 Å². The van der Waals surface area contributed by atoms with Crippen LogP contribution in [0.3, 0.4) is 0 Å². The third kappa shape index (κ3) is 6.09. The number of nitrogens with zero attached hydrogens (tertiary/aromatic N) is 4. The van der Waals surface area contributed by atoms with E-state index in [4.69, 9.17) is 4.74 Å². The number of nitrogens with one attached hydrogen (secondary N) is 2. The fourth-order valence-corrected chi connectivity index (χ4v) is 5.99. The summed E-state index contributed by atoms with van der Waals surface area (Å²) in [5, 5.41) is 2.90. The van der Waals surface area contributed by atoms with Gasteiger partial charge in [-0.25, -0.2) is 13.2 Å². The smallest absolute Gasteiger partial charge is 0.282 e. The number of fused-ring (bicyclic) bond motifs is 1. The Morgan fingerprint density at radius 2 is 1.77 bits per heavy atom. The molecule has 1 amide bonds. The number of hydrogen-bond donors (Lipinski definition) is 2. The van der Waals surface area contributed by atoms with Gasteiger partial charge in [-0.2, -0.15) is 0 Å². The molecule has 1 aliphatic heterocycles. The summed E-state index contributed by atoms with van der Waals surface area (Å²) in [6.07, 6.45) is -1.60. The number of aromatic nitrogens is 3. The number of halogens is 3. The minimum Gasteiger partial charge on any atom is -0.496 e. The molecule has 1 saturated heterocycles. The summed E-state index contributed by atoms with van der Waals surface area (Å²) in [7, 11) is 1.47. The number of carbonyl (C=O) groups is 1. The van der Waals surface area contributed by atoms with Crippen molar-refractivity contribution in [1.29, 1.82) is 0 Å². The first kappa shape index (κ1) is 31.3. The Bertz CT molecular complexity index is 1710. The second-order valence-corrected chi connectivity index (χ2v) is 11.2. The molecule has 0 bridgehead atoms. The van der Waals surface area contributed by atoms with Gasteiger partial charge in [0.05, 0.1) is 24.7 Å². The van der Waals surface area contributed by atoms with E-state index in [9.17, 15) is 22.8 Å². The van der Waals surface area contributed by atoms with Crippen LogP contribution in [-0.2, 0) is 6.54 Å². The van der Waals surface area contributed by atoms with Gasteiger partial charge in [0.15, 0.2) is 0 Å². The number of ether oxygens (including phenoxy) is 1. The van der Waals surface area contributed by atoms with E-state index in [0.29, 0.717) is 35.7 Å². The second-order valence-electron chi connectivity index (χ2n) is 11.2. The van der Waals surface area contributed by atoms with E-state index in [2.05, 4.69) is 20.2 Å². The third-order valence-electron chi connectivity index (χ3n) is 8.45. The molecule has 0 saturated carbocycles. The van der Waals surface area contributed by atoms with Crippen LogP contribution in [0.4, 0.5) is 13.2 Å². The normalized spacial score (nSPS) is 15.9. The van der Waals surface area contributed by atoms with E-state index >= 15 is 0 Å². The maximum atomic E-state index is 14.0. The lowest BCUT2D eigenvalue weighted by Crippen LogP contribution is -2.51. The van der Waals surface area contributed by atoms with E-state index in [-0.39, 0.29) is 37.1 Å². The summed E-state index contributed by atoms with van der Waals surface area (Å²) in [6.45, 7) is 8.59. The van der Waals surface area contributed by atoms with Gasteiger partial charge in [0.1, 0.15) is 5.75 Å². The molecule has 2 unspecified atom stereocenters. The van der Waals surface area contributed by atoms with Gasteiger partial charge in [0, 0.05) is 78.4 Å². The van der Waals surface area contributed by atoms with Crippen molar-refractivity contribution in [3.05, 3.63) is 86.9 Å². The maximum Gasteiger partial charge on any atom is 0.282 e. The molecule has 2 N–H and O–H groups in total. The molecule has 5 rings (SSSR count). The zero-order chi connectivity index (χ0) is 31.7. The van der Waals surface area contributed by atoms with Crippen molar-refractivity contribution in [2.75, 3.05) is 33.3 Å². The standard InChI is InChI=1S/C32H37F3N6O3/c1-18-6-7-22(16-36-18)23-8-9-41-26(23)15-24(31(42)37-17-25-27(44-5)14-19(2)38-32(25)43)20(3)28(41)21(4)39-10-12-40(13-11-39)30(35)29(33)34/h6-9,14-16,21,29-30H,10-13,17H2,1-5H3,(H,37,42)(H,38,43). The van der Waals surface area contributed by atoms with Crippen LogP contribution in [0.15, 0.2) is 47.5 Å². The average Bonchev–Trinajstić information content (AvgIpc) is 3.42. The molecule has 4 aromatic heterocycles. The van der Waals surface area contributed by atoms with E-state index in [1.807, 2.05) is 55.6 Å². The predicted octanol–water partition coefficient (Wildman–Crippen LogP) is 4.79. The molecular formula is C32H37F3N6O3. The van der Waals surface area contributed by atoms with Crippen LogP contribution in [0.1, 0.15) is 51.5 Å². The maximum absolute atomic E-state index is 14.0. The average molecular weight is 611 g/mol. The number of aryl methyl sites for hydroxylation is 2. The number of aromatic amines is 1. The zero-order valence-electron chi connectivity index (χ0n) is 25.5. The van der Waals surface area contributed by atoms with Crippen molar-refractivity contribution < 1.29 is 22.7 Å². The highest BCUT2D eigenvalue weighted by atomic mass is 19.3. The first-order chi connectivity index (χ1) is 21.0. The van der Waals surface area contributed by atoms with Crippen LogP contribution >= 0.6 is 0 Å². The molecular weight excluding hydrogens is 573 g/mol. The van der Waals surface area contributed by atoms with Gasteiger partial charge >= 0.3 is 0 Å². The molecule has 0 aromatic carbocycles. The van der Waals surface area contributed by atoms with Gasteiger partial charge in [-0.05, 0) is 57.5 Å². The fraction of sp³-hybridized carbons (Fsp3) is 0.406. The first-order valence-corrected chi connectivity index (χ1v) is 14.5. The van der Waals surface area contributed by atoms with Crippen molar-refractivity contribution >= 4 is 11.4 Å². The molecule has 5 heterocycles. The number of rotatable bonds is 9. The lowest BCUT2D eigenvalue weighted by molar-refractivity contribution is -0.0688. The Morgan fingerprint density at radius 1 is 1.07 bits per heavy atom.